The molecule has 208 valence electrons. The molecular formula is C31H27N3O6S. The molecule has 0 spiro atoms. The Labute approximate surface area is 240 Å². The van der Waals surface area contributed by atoms with E-state index in [9.17, 15) is 19.5 Å². The molecule has 5 rings (SSSR count). The minimum atomic E-state index is -1.05. The van der Waals surface area contributed by atoms with Crippen molar-refractivity contribution >= 4 is 39.7 Å². The second-order valence-electron chi connectivity index (χ2n) is 9.29. The van der Waals surface area contributed by atoms with Crippen molar-refractivity contribution in [3.63, 3.8) is 0 Å². The number of rotatable bonds is 9. The molecule has 1 aliphatic rings. The second kappa shape index (κ2) is 11.7. The van der Waals surface area contributed by atoms with Gasteiger partial charge in [0, 0.05) is 24.9 Å². The third kappa shape index (κ3) is 5.46. The Morgan fingerprint density at radius 1 is 1.02 bits per heavy atom. The number of pyridine rings is 1. The first kappa shape index (κ1) is 27.7. The highest BCUT2D eigenvalue weighted by molar-refractivity contribution is 7.18. The number of aliphatic hydroxyl groups excluding tert-OH is 1. The smallest absolute Gasteiger partial charge is 0.301 e. The number of Topliss-reactive ketones (excluding diaryl/α,β-unsaturated/α-hetero) is 2. The van der Waals surface area contributed by atoms with Gasteiger partial charge in [0.25, 0.3) is 5.78 Å². The van der Waals surface area contributed by atoms with Crippen LogP contribution in [0.3, 0.4) is 0 Å². The van der Waals surface area contributed by atoms with Crippen LogP contribution in [0.15, 0.2) is 78.6 Å². The SMILES string of the molecule is CCOc1cc(C2C(=C(O)c3ccncc3)C(=O)C(=O)N2c2nc(C)c(C(C)=O)s2)ccc1OCc1ccccc1. The number of hydrogen-bond acceptors (Lipinski definition) is 9. The van der Waals surface area contributed by atoms with Gasteiger partial charge < -0.3 is 14.6 Å². The average Bonchev–Trinajstić information content (AvgIpc) is 3.49. The van der Waals surface area contributed by atoms with Crippen molar-refractivity contribution in [1.82, 2.24) is 9.97 Å². The number of thiazole rings is 1. The maximum Gasteiger partial charge on any atom is 0.301 e. The Bertz CT molecular complexity index is 1650. The van der Waals surface area contributed by atoms with Crippen molar-refractivity contribution < 1.29 is 29.0 Å². The fourth-order valence-electron chi connectivity index (χ4n) is 4.64. The number of benzene rings is 2. The summed E-state index contributed by atoms with van der Waals surface area (Å²) in [5.74, 6) is -1.39. The molecule has 1 aliphatic heterocycles. The summed E-state index contributed by atoms with van der Waals surface area (Å²) in [6.45, 7) is 5.58. The van der Waals surface area contributed by atoms with Gasteiger partial charge in [-0.25, -0.2) is 4.98 Å². The monoisotopic (exact) mass is 569 g/mol. The van der Waals surface area contributed by atoms with E-state index in [4.69, 9.17) is 9.47 Å². The molecule has 10 heteroatoms. The van der Waals surface area contributed by atoms with Crippen LogP contribution in [0, 0.1) is 6.92 Å². The number of amides is 1. The van der Waals surface area contributed by atoms with E-state index in [2.05, 4.69) is 9.97 Å². The van der Waals surface area contributed by atoms with Gasteiger partial charge in [-0.05, 0) is 49.2 Å². The van der Waals surface area contributed by atoms with Gasteiger partial charge in [-0.1, -0.05) is 47.7 Å². The van der Waals surface area contributed by atoms with Gasteiger partial charge in [-0.15, -0.1) is 0 Å². The molecular weight excluding hydrogens is 542 g/mol. The maximum atomic E-state index is 13.5. The summed E-state index contributed by atoms with van der Waals surface area (Å²) in [7, 11) is 0. The molecule has 0 saturated carbocycles. The molecule has 41 heavy (non-hydrogen) atoms. The molecule has 1 unspecified atom stereocenters. The largest absolute Gasteiger partial charge is 0.507 e. The molecule has 1 atom stereocenters. The molecule has 1 saturated heterocycles. The molecule has 1 amide bonds. The van der Waals surface area contributed by atoms with Gasteiger partial charge in [0.2, 0.25) is 0 Å². The van der Waals surface area contributed by atoms with Crippen molar-refractivity contribution in [2.75, 3.05) is 11.5 Å². The van der Waals surface area contributed by atoms with E-state index in [1.807, 2.05) is 37.3 Å². The van der Waals surface area contributed by atoms with Gasteiger partial charge in [0.1, 0.15) is 12.4 Å². The normalized spacial score (nSPS) is 16.2. The van der Waals surface area contributed by atoms with Gasteiger partial charge >= 0.3 is 5.91 Å². The molecule has 0 bridgehead atoms. The van der Waals surface area contributed by atoms with Crippen LogP contribution in [0.25, 0.3) is 5.76 Å². The van der Waals surface area contributed by atoms with E-state index >= 15 is 0 Å². The van der Waals surface area contributed by atoms with Crippen LogP contribution in [0.5, 0.6) is 11.5 Å². The fourth-order valence-corrected chi connectivity index (χ4v) is 5.63. The van der Waals surface area contributed by atoms with E-state index in [-0.39, 0.29) is 22.2 Å². The molecule has 0 aliphatic carbocycles. The first-order valence-corrected chi connectivity index (χ1v) is 13.7. The third-order valence-corrected chi connectivity index (χ3v) is 7.79. The van der Waals surface area contributed by atoms with Gasteiger partial charge in [-0.2, -0.15) is 0 Å². The number of ether oxygens (including phenoxy) is 2. The standard InChI is InChI=1S/C31H27N3O6S/c1-4-39-24-16-22(10-11-23(24)40-17-20-8-6-5-7-9-20)26-25(27(36)21-12-14-32-15-13-21)28(37)30(38)34(26)31-33-18(2)29(41-31)19(3)35/h5-16,26,36H,4,17H2,1-3H3. The zero-order chi connectivity index (χ0) is 29.1. The summed E-state index contributed by atoms with van der Waals surface area (Å²) in [5, 5.41) is 11.5. The summed E-state index contributed by atoms with van der Waals surface area (Å²) in [4.78, 5) is 49.2. The van der Waals surface area contributed by atoms with E-state index in [0.29, 0.717) is 46.4 Å². The Morgan fingerprint density at radius 2 is 1.76 bits per heavy atom. The Balaban J connectivity index is 1.64. The van der Waals surface area contributed by atoms with E-state index in [1.54, 1.807) is 37.3 Å². The minimum absolute atomic E-state index is 0.112. The first-order valence-electron chi connectivity index (χ1n) is 12.9. The number of carbonyl (C=O) groups is 3. The predicted molar refractivity (Wildman–Crippen MR) is 154 cm³/mol. The van der Waals surface area contributed by atoms with Gasteiger partial charge in [0.05, 0.1) is 28.8 Å². The number of anilines is 1. The molecule has 9 nitrogen and oxygen atoms in total. The summed E-state index contributed by atoms with van der Waals surface area (Å²) in [6.07, 6.45) is 2.96. The molecule has 2 aromatic carbocycles. The van der Waals surface area contributed by atoms with E-state index < -0.39 is 17.7 Å². The van der Waals surface area contributed by atoms with Crippen molar-refractivity contribution in [3.05, 3.63) is 106 Å². The lowest BCUT2D eigenvalue weighted by Crippen LogP contribution is -2.29. The number of carbonyl (C=O) groups excluding carboxylic acids is 3. The molecule has 3 heterocycles. The van der Waals surface area contributed by atoms with Crippen LogP contribution < -0.4 is 14.4 Å². The Morgan fingerprint density at radius 3 is 2.41 bits per heavy atom. The number of aromatic nitrogens is 2. The molecule has 1 fully saturated rings. The highest BCUT2D eigenvalue weighted by atomic mass is 32.1. The highest BCUT2D eigenvalue weighted by Crippen LogP contribution is 2.45. The lowest BCUT2D eigenvalue weighted by molar-refractivity contribution is -0.132. The quantitative estimate of drug-likeness (QED) is 0.119. The molecule has 4 aromatic rings. The van der Waals surface area contributed by atoms with Crippen molar-refractivity contribution in [2.24, 2.45) is 0 Å². The Hall–Kier alpha value is -4.83. The maximum absolute atomic E-state index is 13.5. The Kier molecular flexibility index (Phi) is 7.93. The van der Waals surface area contributed by atoms with E-state index in [1.165, 1.54) is 24.2 Å². The topological polar surface area (TPSA) is 119 Å². The molecule has 2 aromatic heterocycles. The fraction of sp³-hybridized carbons (Fsp3) is 0.194. The summed E-state index contributed by atoms with van der Waals surface area (Å²) in [5.41, 5.74) is 2.14. The number of aliphatic hydroxyl groups is 1. The minimum Gasteiger partial charge on any atom is -0.507 e. The summed E-state index contributed by atoms with van der Waals surface area (Å²) < 4.78 is 11.9. The lowest BCUT2D eigenvalue weighted by Gasteiger charge is -2.24. The molecule has 1 N–H and O–H groups in total. The number of nitrogens with zero attached hydrogens (tertiary/aromatic N) is 3. The lowest BCUT2D eigenvalue weighted by atomic mass is 9.95. The van der Waals surface area contributed by atoms with Crippen LogP contribution in [0.4, 0.5) is 5.13 Å². The summed E-state index contributed by atoms with van der Waals surface area (Å²) in [6, 6.07) is 16.9. The zero-order valence-electron chi connectivity index (χ0n) is 22.7. The second-order valence-corrected chi connectivity index (χ2v) is 10.3. The van der Waals surface area contributed by atoms with Crippen molar-refractivity contribution in [3.8, 4) is 11.5 Å². The number of aryl methyl sites for hydroxylation is 1. The predicted octanol–water partition coefficient (Wildman–Crippen LogP) is 5.65. The van der Waals surface area contributed by atoms with Crippen LogP contribution in [-0.4, -0.2) is 39.2 Å². The van der Waals surface area contributed by atoms with E-state index in [0.717, 1.165) is 16.9 Å². The van der Waals surface area contributed by atoms with Crippen molar-refractivity contribution in [2.45, 2.75) is 33.4 Å². The van der Waals surface area contributed by atoms with Crippen LogP contribution >= 0.6 is 11.3 Å². The average molecular weight is 570 g/mol. The third-order valence-electron chi connectivity index (χ3n) is 6.53. The van der Waals surface area contributed by atoms with Crippen LogP contribution in [-0.2, 0) is 16.2 Å². The van der Waals surface area contributed by atoms with Gasteiger partial charge in [-0.3, -0.25) is 24.3 Å². The molecule has 0 radical (unpaired) electrons. The summed E-state index contributed by atoms with van der Waals surface area (Å²) >= 11 is 1.02. The van der Waals surface area contributed by atoms with Gasteiger partial charge in [0.15, 0.2) is 22.4 Å². The number of ketones is 2. The highest BCUT2D eigenvalue weighted by Gasteiger charge is 2.48. The number of hydrogen-bond donors (Lipinski definition) is 1. The van der Waals surface area contributed by atoms with Crippen LogP contribution in [0.1, 0.15) is 51.9 Å². The van der Waals surface area contributed by atoms with Crippen LogP contribution in [0.2, 0.25) is 0 Å². The van der Waals surface area contributed by atoms with Crippen molar-refractivity contribution in [1.29, 1.82) is 0 Å². The zero-order valence-corrected chi connectivity index (χ0v) is 23.5. The first-order chi connectivity index (χ1) is 19.8.